The van der Waals surface area contributed by atoms with Gasteiger partial charge in [0.1, 0.15) is 6.04 Å². The van der Waals surface area contributed by atoms with Crippen LogP contribution in [-0.4, -0.2) is 29.3 Å². The maximum atomic E-state index is 13.8. The van der Waals surface area contributed by atoms with Crippen molar-refractivity contribution in [3.05, 3.63) is 107 Å². The van der Waals surface area contributed by atoms with Crippen molar-refractivity contribution < 1.29 is 9.59 Å². The van der Waals surface area contributed by atoms with Crippen LogP contribution in [0, 0.1) is 6.92 Å². The second kappa shape index (κ2) is 13.9. The second-order valence-corrected chi connectivity index (χ2v) is 11.3. The van der Waals surface area contributed by atoms with Gasteiger partial charge in [0.25, 0.3) is 0 Å². The Kier molecular flexibility index (Phi) is 10.7. The molecule has 3 aromatic rings. The van der Waals surface area contributed by atoms with Crippen LogP contribution in [0.15, 0.2) is 78.9 Å². The Morgan fingerprint density at radius 1 is 0.868 bits per heavy atom. The highest BCUT2D eigenvalue weighted by Crippen LogP contribution is 2.23. The molecule has 0 bridgehead atoms. The van der Waals surface area contributed by atoms with Crippen LogP contribution < -0.4 is 5.32 Å². The maximum Gasteiger partial charge on any atom is 0.243 e. The smallest absolute Gasteiger partial charge is 0.243 e. The van der Waals surface area contributed by atoms with E-state index in [4.69, 9.17) is 0 Å². The maximum absolute atomic E-state index is 13.8. The van der Waals surface area contributed by atoms with Gasteiger partial charge in [-0.15, -0.1) is 0 Å². The van der Waals surface area contributed by atoms with Gasteiger partial charge in [0.2, 0.25) is 11.8 Å². The molecule has 4 nitrogen and oxygen atoms in total. The summed E-state index contributed by atoms with van der Waals surface area (Å²) in [7, 11) is 0. The zero-order chi connectivity index (χ0) is 27.5. The quantitative estimate of drug-likeness (QED) is 0.272. The van der Waals surface area contributed by atoms with Crippen LogP contribution in [0.5, 0.6) is 0 Å². The normalized spacial score (nSPS) is 12.1. The molecular weight excluding hydrogens is 468 g/mol. The van der Waals surface area contributed by atoms with E-state index in [-0.39, 0.29) is 17.2 Å². The highest BCUT2D eigenvalue weighted by molar-refractivity contribution is 5.88. The first kappa shape index (κ1) is 29.2. The third-order valence-electron chi connectivity index (χ3n) is 6.98. The molecule has 0 spiro atoms. The van der Waals surface area contributed by atoms with Crippen molar-refractivity contribution in [3.63, 3.8) is 0 Å². The van der Waals surface area contributed by atoms with Gasteiger partial charge in [-0.25, -0.2) is 0 Å². The molecule has 0 aromatic heterocycles. The van der Waals surface area contributed by atoms with Gasteiger partial charge >= 0.3 is 0 Å². The van der Waals surface area contributed by atoms with Crippen LogP contribution >= 0.6 is 0 Å². The first-order valence-electron chi connectivity index (χ1n) is 13.9. The van der Waals surface area contributed by atoms with Crippen LogP contribution in [0.1, 0.15) is 74.8 Å². The van der Waals surface area contributed by atoms with Crippen molar-refractivity contribution in [2.45, 2.75) is 84.7 Å². The average molecular weight is 513 g/mol. The summed E-state index contributed by atoms with van der Waals surface area (Å²) in [4.78, 5) is 29.2. The minimum absolute atomic E-state index is 0.00187. The third kappa shape index (κ3) is 8.86. The number of nitrogens with one attached hydrogen (secondary N) is 1. The van der Waals surface area contributed by atoms with Gasteiger partial charge in [-0.05, 0) is 47.4 Å². The fraction of sp³-hybridized carbons (Fsp3) is 0.412. The van der Waals surface area contributed by atoms with Crippen molar-refractivity contribution >= 4 is 11.8 Å². The third-order valence-corrected chi connectivity index (χ3v) is 6.98. The van der Waals surface area contributed by atoms with E-state index in [1.807, 2.05) is 42.5 Å². The number of carbonyl (C=O) groups is 2. The predicted molar refractivity (Wildman–Crippen MR) is 157 cm³/mol. The summed E-state index contributed by atoms with van der Waals surface area (Å²) in [6, 6.07) is 26.2. The number of hydrogen-bond acceptors (Lipinski definition) is 2. The second-order valence-electron chi connectivity index (χ2n) is 11.3. The van der Waals surface area contributed by atoms with Gasteiger partial charge in [0.15, 0.2) is 0 Å². The molecule has 0 aliphatic heterocycles. The van der Waals surface area contributed by atoms with E-state index in [0.717, 1.165) is 35.1 Å². The van der Waals surface area contributed by atoms with E-state index >= 15 is 0 Å². The summed E-state index contributed by atoms with van der Waals surface area (Å²) in [5.74, 6) is -0.0872. The zero-order valence-corrected chi connectivity index (χ0v) is 23.8. The number of carbonyl (C=O) groups excluding carboxylic acids is 2. The lowest BCUT2D eigenvalue weighted by Gasteiger charge is -2.32. The van der Waals surface area contributed by atoms with Gasteiger partial charge < -0.3 is 10.2 Å². The van der Waals surface area contributed by atoms with E-state index in [1.54, 1.807) is 4.90 Å². The molecule has 0 unspecified atom stereocenters. The number of benzene rings is 3. The number of amides is 2. The van der Waals surface area contributed by atoms with Crippen LogP contribution in [0.25, 0.3) is 0 Å². The Hall–Kier alpha value is -3.40. The molecule has 1 N–H and O–H groups in total. The van der Waals surface area contributed by atoms with Crippen LogP contribution in [0.2, 0.25) is 0 Å². The van der Waals surface area contributed by atoms with Crippen molar-refractivity contribution in [1.82, 2.24) is 10.2 Å². The molecule has 38 heavy (non-hydrogen) atoms. The molecule has 0 saturated heterocycles. The lowest BCUT2D eigenvalue weighted by Crippen LogP contribution is -2.50. The van der Waals surface area contributed by atoms with Gasteiger partial charge in [-0.3, -0.25) is 9.59 Å². The summed E-state index contributed by atoms with van der Waals surface area (Å²) >= 11 is 0. The minimum Gasteiger partial charge on any atom is -0.354 e. The lowest BCUT2D eigenvalue weighted by atomic mass is 9.86. The number of aryl methyl sites for hydroxylation is 2. The molecule has 0 aliphatic carbocycles. The molecule has 3 aromatic carbocycles. The molecule has 0 heterocycles. The van der Waals surface area contributed by atoms with Crippen molar-refractivity contribution in [2.75, 3.05) is 6.54 Å². The Balaban J connectivity index is 1.86. The summed E-state index contributed by atoms with van der Waals surface area (Å²) in [5, 5.41) is 3.10. The topological polar surface area (TPSA) is 49.4 Å². The van der Waals surface area contributed by atoms with Crippen LogP contribution in [-0.2, 0) is 34.4 Å². The number of hydrogen-bond donors (Lipinski definition) is 1. The molecule has 0 fully saturated rings. The molecule has 0 saturated carbocycles. The van der Waals surface area contributed by atoms with Gasteiger partial charge in [-0.2, -0.15) is 0 Å². The summed E-state index contributed by atoms with van der Waals surface area (Å²) in [6.45, 7) is 11.8. The SMILES string of the molecule is CCCCNC(=O)[C@H](Cc1ccccc1)N(Cc1cccc(C)c1)C(=O)CCc1ccc(C(C)(C)C)cc1. The summed E-state index contributed by atoms with van der Waals surface area (Å²) in [6.07, 6.45) is 3.40. The molecule has 2 amide bonds. The zero-order valence-electron chi connectivity index (χ0n) is 23.8. The lowest BCUT2D eigenvalue weighted by molar-refractivity contribution is -0.141. The highest BCUT2D eigenvalue weighted by Gasteiger charge is 2.30. The monoisotopic (exact) mass is 512 g/mol. The van der Waals surface area contributed by atoms with Crippen LogP contribution in [0.4, 0.5) is 0 Å². The molecule has 202 valence electrons. The Morgan fingerprint density at radius 3 is 2.18 bits per heavy atom. The Labute approximate surface area is 229 Å². The largest absolute Gasteiger partial charge is 0.354 e. The Bertz CT molecular complexity index is 1160. The molecule has 3 rings (SSSR count). The van der Waals surface area contributed by atoms with Crippen molar-refractivity contribution in [1.29, 1.82) is 0 Å². The van der Waals surface area contributed by atoms with E-state index in [9.17, 15) is 9.59 Å². The number of rotatable bonds is 12. The molecule has 0 radical (unpaired) electrons. The van der Waals surface area contributed by atoms with Crippen LogP contribution in [0.3, 0.4) is 0 Å². The minimum atomic E-state index is -0.578. The molecule has 1 atom stereocenters. The van der Waals surface area contributed by atoms with Crippen molar-refractivity contribution in [2.24, 2.45) is 0 Å². The van der Waals surface area contributed by atoms with E-state index in [0.29, 0.717) is 32.4 Å². The standard InChI is InChI=1S/C34H44N2O2/c1-6-7-22-35-33(38)31(24-28-13-9-8-10-14-28)36(25-29-15-11-12-26(2)23-29)32(37)21-18-27-16-19-30(20-17-27)34(3,4)5/h8-17,19-20,23,31H,6-7,18,21-22,24-25H2,1-5H3,(H,35,38)/t31-/m0/s1. The first-order valence-corrected chi connectivity index (χ1v) is 13.9. The highest BCUT2D eigenvalue weighted by atomic mass is 16.2. The van der Waals surface area contributed by atoms with E-state index in [2.05, 4.69) is 76.3 Å². The fourth-order valence-electron chi connectivity index (χ4n) is 4.63. The average Bonchev–Trinajstić information content (AvgIpc) is 2.89. The first-order chi connectivity index (χ1) is 18.2. The van der Waals surface area contributed by atoms with Gasteiger partial charge in [0, 0.05) is 25.9 Å². The number of nitrogens with zero attached hydrogens (tertiary/aromatic N) is 1. The predicted octanol–water partition coefficient (Wildman–Crippen LogP) is 6.78. The van der Waals surface area contributed by atoms with Crippen molar-refractivity contribution in [3.8, 4) is 0 Å². The van der Waals surface area contributed by atoms with Gasteiger partial charge in [-0.1, -0.05) is 119 Å². The summed E-state index contributed by atoms with van der Waals surface area (Å²) in [5.41, 5.74) is 5.72. The number of unbranched alkanes of at least 4 members (excludes halogenated alkanes) is 1. The van der Waals surface area contributed by atoms with E-state index in [1.165, 1.54) is 5.56 Å². The summed E-state index contributed by atoms with van der Waals surface area (Å²) < 4.78 is 0. The fourth-order valence-corrected chi connectivity index (χ4v) is 4.63. The van der Waals surface area contributed by atoms with E-state index < -0.39 is 6.04 Å². The molecule has 4 heteroatoms. The molecular formula is C34H44N2O2. The van der Waals surface area contributed by atoms with Gasteiger partial charge in [0.05, 0.1) is 0 Å². The Morgan fingerprint density at radius 2 is 1.55 bits per heavy atom. The molecule has 0 aliphatic rings.